The zero-order chi connectivity index (χ0) is 10.8. The van der Waals surface area contributed by atoms with Gasteiger partial charge in [-0.25, -0.2) is 4.98 Å². The van der Waals surface area contributed by atoms with E-state index in [1.807, 2.05) is 37.2 Å². The maximum Gasteiger partial charge on any atom is 0.208 e. The van der Waals surface area contributed by atoms with Crippen molar-refractivity contribution in [2.75, 3.05) is 19.0 Å². The first-order valence-electron chi connectivity index (χ1n) is 4.30. The molecule has 0 atom stereocenters. The normalized spacial score (nSPS) is 10.3. The lowest BCUT2D eigenvalue weighted by Gasteiger charge is -2.03. The molecular weight excluding hydrogens is 276 g/mol. The van der Waals surface area contributed by atoms with Crippen molar-refractivity contribution in [3.8, 4) is 10.7 Å². The fraction of sp³-hybridized carbons (Fsp3) is 0.222. The lowest BCUT2D eigenvalue weighted by Crippen LogP contribution is -2.07. The lowest BCUT2D eigenvalue weighted by atomic mass is 10.4. The number of pyridine rings is 1. The Bertz CT molecular complexity index is 469. The van der Waals surface area contributed by atoms with Crippen molar-refractivity contribution in [2.24, 2.45) is 0 Å². The SMILES string of the molecule is CN(C)c1nnc(-c2cccc(Br)n2)s1. The molecule has 0 saturated carbocycles. The summed E-state index contributed by atoms with van der Waals surface area (Å²) in [4.78, 5) is 6.25. The average Bonchev–Trinajstić information content (AvgIpc) is 2.66. The molecule has 0 spiro atoms. The highest BCUT2D eigenvalue weighted by Crippen LogP contribution is 2.26. The minimum Gasteiger partial charge on any atom is -0.353 e. The van der Waals surface area contributed by atoms with Crippen LogP contribution in [0.4, 0.5) is 5.13 Å². The van der Waals surface area contributed by atoms with Gasteiger partial charge in [-0.05, 0) is 28.1 Å². The number of aromatic nitrogens is 3. The Kier molecular flexibility index (Phi) is 2.97. The predicted octanol–water partition coefficient (Wildman–Crippen LogP) is 2.43. The van der Waals surface area contributed by atoms with Gasteiger partial charge in [0.15, 0.2) is 5.01 Å². The van der Waals surface area contributed by atoms with Crippen molar-refractivity contribution >= 4 is 32.4 Å². The van der Waals surface area contributed by atoms with Crippen LogP contribution in [0.2, 0.25) is 0 Å². The maximum atomic E-state index is 4.32. The molecule has 0 fully saturated rings. The molecule has 0 unspecified atom stereocenters. The Hall–Kier alpha value is -1.01. The number of rotatable bonds is 2. The highest BCUT2D eigenvalue weighted by molar-refractivity contribution is 9.10. The molecule has 2 heterocycles. The molecule has 0 N–H and O–H groups in total. The zero-order valence-electron chi connectivity index (χ0n) is 8.31. The van der Waals surface area contributed by atoms with E-state index in [1.165, 1.54) is 11.3 Å². The van der Waals surface area contributed by atoms with Crippen LogP contribution in [-0.2, 0) is 0 Å². The monoisotopic (exact) mass is 284 g/mol. The predicted molar refractivity (Wildman–Crippen MR) is 65.2 cm³/mol. The summed E-state index contributed by atoms with van der Waals surface area (Å²) in [5.74, 6) is 0. The Balaban J connectivity index is 2.37. The summed E-state index contributed by atoms with van der Waals surface area (Å²) in [5, 5.41) is 9.87. The van der Waals surface area contributed by atoms with Gasteiger partial charge >= 0.3 is 0 Å². The van der Waals surface area contributed by atoms with Crippen molar-refractivity contribution in [1.29, 1.82) is 0 Å². The van der Waals surface area contributed by atoms with E-state index in [9.17, 15) is 0 Å². The van der Waals surface area contributed by atoms with Crippen LogP contribution in [0.25, 0.3) is 10.7 Å². The summed E-state index contributed by atoms with van der Waals surface area (Å²) in [6.07, 6.45) is 0. The summed E-state index contributed by atoms with van der Waals surface area (Å²) in [7, 11) is 3.89. The molecular formula is C9H9BrN4S. The van der Waals surface area contributed by atoms with Crippen LogP contribution in [0.3, 0.4) is 0 Å². The Morgan fingerprint density at radius 2 is 2.07 bits per heavy atom. The summed E-state index contributed by atoms with van der Waals surface area (Å²) in [6, 6.07) is 5.74. The number of anilines is 1. The number of hydrogen-bond donors (Lipinski definition) is 0. The van der Waals surface area contributed by atoms with E-state index in [0.717, 1.165) is 20.4 Å². The second kappa shape index (κ2) is 4.24. The molecule has 0 bridgehead atoms. The zero-order valence-corrected chi connectivity index (χ0v) is 10.7. The van der Waals surface area contributed by atoms with E-state index >= 15 is 0 Å². The van der Waals surface area contributed by atoms with Gasteiger partial charge in [-0.3, -0.25) is 0 Å². The summed E-state index contributed by atoms with van der Waals surface area (Å²) in [5.41, 5.74) is 0.843. The number of hydrogen-bond acceptors (Lipinski definition) is 5. The van der Waals surface area contributed by atoms with Gasteiger partial charge in [-0.1, -0.05) is 17.4 Å². The molecule has 0 aliphatic rings. The third kappa shape index (κ3) is 2.32. The van der Waals surface area contributed by atoms with Crippen LogP contribution in [-0.4, -0.2) is 29.3 Å². The molecule has 4 nitrogen and oxygen atoms in total. The molecule has 6 heteroatoms. The molecule has 0 aliphatic heterocycles. The third-order valence-electron chi connectivity index (χ3n) is 1.73. The van der Waals surface area contributed by atoms with E-state index in [1.54, 1.807) is 0 Å². The number of halogens is 1. The van der Waals surface area contributed by atoms with Gasteiger partial charge in [0.2, 0.25) is 5.13 Å². The molecule has 0 aromatic carbocycles. The quantitative estimate of drug-likeness (QED) is 0.795. The first-order chi connectivity index (χ1) is 7.16. The third-order valence-corrected chi connectivity index (χ3v) is 3.29. The summed E-state index contributed by atoms with van der Waals surface area (Å²) >= 11 is 4.85. The molecule has 78 valence electrons. The second-order valence-corrected chi connectivity index (χ2v) is 4.90. The largest absolute Gasteiger partial charge is 0.353 e. The summed E-state index contributed by atoms with van der Waals surface area (Å²) < 4.78 is 0.807. The molecule has 15 heavy (non-hydrogen) atoms. The molecule has 0 radical (unpaired) electrons. The van der Waals surface area contributed by atoms with Crippen LogP contribution in [0, 0.1) is 0 Å². The Morgan fingerprint density at radius 1 is 1.27 bits per heavy atom. The minimum absolute atomic E-state index is 0.807. The van der Waals surface area contributed by atoms with E-state index in [2.05, 4.69) is 31.1 Å². The standard InChI is InChI=1S/C9H9BrN4S/c1-14(2)9-13-12-8(15-9)6-4-3-5-7(10)11-6/h3-5H,1-2H3. The van der Waals surface area contributed by atoms with Gasteiger partial charge in [0, 0.05) is 14.1 Å². The maximum absolute atomic E-state index is 4.32. The van der Waals surface area contributed by atoms with Crippen molar-refractivity contribution in [1.82, 2.24) is 15.2 Å². The molecule has 2 rings (SSSR count). The first kappa shape index (κ1) is 10.5. The van der Waals surface area contributed by atoms with Crippen LogP contribution >= 0.6 is 27.3 Å². The molecule has 0 aliphatic carbocycles. The molecule has 0 saturated heterocycles. The van der Waals surface area contributed by atoms with Crippen molar-refractivity contribution in [2.45, 2.75) is 0 Å². The van der Waals surface area contributed by atoms with Crippen LogP contribution < -0.4 is 4.90 Å². The van der Waals surface area contributed by atoms with E-state index in [4.69, 9.17) is 0 Å². The average molecular weight is 285 g/mol. The topological polar surface area (TPSA) is 41.9 Å². The molecule has 2 aromatic heterocycles. The number of nitrogens with zero attached hydrogens (tertiary/aromatic N) is 4. The summed E-state index contributed by atoms with van der Waals surface area (Å²) in [6.45, 7) is 0. The van der Waals surface area contributed by atoms with Gasteiger partial charge in [0.25, 0.3) is 0 Å². The molecule has 2 aromatic rings. The van der Waals surface area contributed by atoms with Gasteiger partial charge in [0.05, 0.1) is 0 Å². The van der Waals surface area contributed by atoms with E-state index in [-0.39, 0.29) is 0 Å². The van der Waals surface area contributed by atoms with Crippen LogP contribution in [0.1, 0.15) is 0 Å². The highest BCUT2D eigenvalue weighted by atomic mass is 79.9. The van der Waals surface area contributed by atoms with Gasteiger partial charge in [-0.15, -0.1) is 10.2 Å². The van der Waals surface area contributed by atoms with Gasteiger partial charge < -0.3 is 4.90 Å². The van der Waals surface area contributed by atoms with Crippen LogP contribution in [0.15, 0.2) is 22.8 Å². The lowest BCUT2D eigenvalue weighted by molar-refractivity contribution is 1.02. The van der Waals surface area contributed by atoms with Crippen molar-refractivity contribution in [3.63, 3.8) is 0 Å². The van der Waals surface area contributed by atoms with Crippen molar-refractivity contribution < 1.29 is 0 Å². The van der Waals surface area contributed by atoms with Crippen molar-refractivity contribution in [3.05, 3.63) is 22.8 Å². The highest BCUT2D eigenvalue weighted by Gasteiger charge is 2.08. The second-order valence-electron chi connectivity index (χ2n) is 3.13. The van der Waals surface area contributed by atoms with E-state index < -0.39 is 0 Å². The Morgan fingerprint density at radius 3 is 2.67 bits per heavy atom. The smallest absolute Gasteiger partial charge is 0.208 e. The minimum atomic E-state index is 0.807. The van der Waals surface area contributed by atoms with Crippen LogP contribution in [0.5, 0.6) is 0 Å². The Labute approximate surface area is 100 Å². The first-order valence-corrected chi connectivity index (χ1v) is 5.91. The van der Waals surface area contributed by atoms with Gasteiger partial charge in [-0.2, -0.15) is 0 Å². The van der Waals surface area contributed by atoms with E-state index in [0.29, 0.717) is 0 Å². The fourth-order valence-electron chi connectivity index (χ4n) is 1.03. The fourth-order valence-corrected chi connectivity index (χ4v) is 2.11. The molecule has 0 amide bonds. The van der Waals surface area contributed by atoms with Gasteiger partial charge in [0.1, 0.15) is 10.3 Å².